The molecule has 1 aliphatic heterocycles. The topological polar surface area (TPSA) is 46.3 Å². The molecule has 1 amide bonds. The van der Waals surface area contributed by atoms with Gasteiger partial charge in [-0.15, -0.1) is 11.3 Å². The maximum absolute atomic E-state index is 12.1. The first kappa shape index (κ1) is 12.2. The average Bonchev–Trinajstić information content (AvgIpc) is 2.84. The summed E-state index contributed by atoms with van der Waals surface area (Å²) in [6.07, 6.45) is 0.970. The van der Waals surface area contributed by atoms with Crippen LogP contribution in [0.15, 0.2) is 6.07 Å². The Bertz CT molecular complexity index is 408. The molecule has 2 N–H and O–H groups in total. The number of likely N-dealkylation sites (tertiary alicyclic amines) is 1. The van der Waals surface area contributed by atoms with Crippen molar-refractivity contribution in [3.05, 3.63) is 20.3 Å². The molecule has 2 heterocycles. The van der Waals surface area contributed by atoms with E-state index in [9.17, 15) is 4.79 Å². The highest BCUT2D eigenvalue weighted by molar-refractivity contribution is 7.20. The van der Waals surface area contributed by atoms with Gasteiger partial charge in [0, 0.05) is 13.1 Å². The molecule has 1 fully saturated rings. The number of halogens is 2. The molecule has 1 aromatic heterocycles. The van der Waals surface area contributed by atoms with Crippen molar-refractivity contribution in [2.75, 3.05) is 19.6 Å². The van der Waals surface area contributed by atoms with E-state index in [1.807, 2.05) is 0 Å². The van der Waals surface area contributed by atoms with Gasteiger partial charge in [0.2, 0.25) is 0 Å². The van der Waals surface area contributed by atoms with Gasteiger partial charge in [-0.05, 0) is 24.9 Å². The fraction of sp³-hybridized carbons (Fsp3) is 0.500. The van der Waals surface area contributed by atoms with Crippen molar-refractivity contribution in [1.29, 1.82) is 0 Å². The molecule has 0 bridgehead atoms. The summed E-state index contributed by atoms with van der Waals surface area (Å²) >= 11 is 13.0. The highest BCUT2D eigenvalue weighted by Crippen LogP contribution is 2.32. The number of thiophene rings is 1. The van der Waals surface area contributed by atoms with E-state index in [1.54, 1.807) is 11.0 Å². The molecule has 2 rings (SSSR count). The maximum Gasteiger partial charge on any atom is 0.256 e. The molecule has 0 spiro atoms. The standard InChI is InChI=1S/C10H12Cl2N2OS/c11-8-3-7(9(12)16-8)10(15)14-2-1-6(4-13)5-14/h3,6H,1-2,4-5,13H2. The minimum absolute atomic E-state index is 0.0379. The molecule has 1 aromatic rings. The molecule has 1 aliphatic rings. The molecule has 1 unspecified atom stereocenters. The zero-order chi connectivity index (χ0) is 11.7. The van der Waals surface area contributed by atoms with Gasteiger partial charge in [0.25, 0.3) is 5.91 Å². The molecule has 0 aromatic carbocycles. The number of nitrogens with zero attached hydrogens (tertiary/aromatic N) is 1. The third-order valence-corrected chi connectivity index (χ3v) is 4.28. The SMILES string of the molecule is NCC1CCN(C(=O)c2cc(Cl)sc2Cl)C1. The molecule has 3 nitrogen and oxygen atoms in total. The molecule has 88 valence electrons. The van der Waals surface area contributed by atoms with Crippen LogP contribution in [0.25, 0.3) is 0 Å². The Balaban J connectivity index is 2.11. The van der Waals surface area contributed by atoms with Crippen LogP contribution in [0.4, 0.5) is 0 Å². The van der Waals surface area contributed by atoms with Crippen LogP contribution in [0, 0.1) is 5.92 Å². The van der Waals surface area contributed by atoms with Crippen LogP contribution < -0.4 is 5.73 Å². The first-order valence-electron chi connectivity index (χ1n) is 5.06. The maximum atomic E-state index is 12.1. The lowest BCUT2D eigenvalue weighted by molar-refractivity contribution is 0.0788. The third-order valence-electron chi connectivity index (χ3n) is 2.79. The van der Waals surface area contributed by atoms with Crippen LogP contribution in [-0.2, 0) is 0 Å². The van der Waals surface area contributed by atoms with Gasteiger partial charge in [0.15, 0.2) is 0 Å². The molecular formula is C10H12Cl2N2OS. The van der Waals surface area contributed by atoms with Crippen LogP contribution in [0.3, 0.4) is 0 Å². The molecule has 1 atom stereocenters. The largest absolute Gasteiger partial charge is 0.338 e. The van der Waals surface area contributed by atoms with Crippen molar-refractivity contribution in [2.45, 2.75) is 6.42 Å². The predicted molar refractivity (Wildman–Crippen MR) is 67.4 cm³/mol. The Morgan fingerprint density at radius 1 is 1.62 bits per heavy atom. The van der Waals surface area contributed by atoms with E-state index < -0.39 is 0 Å². The van der Waals surface area contributed by atoms with E-state index in [-0.39, 0.29) is 5.91 Å². The summed E-state index contributed by atoms with van der Waals surface area (Å²) in [5.41, 5.74) is 6.09. The zero-order valence-corrected chi connectivity index (χ0v) is 10.9. The summed E-state index contributed by atoms with van der Waals surface area (Å²) in [4.78, 5) is 13.9. The highest BCUT2D eigenvalue weighted by atomic mass is 35.5. The molecule has 0 saturated carbocycles. The minimum atomic E-state index is -0.0379. The number of hydrogen-bond acceptors (Lipinski definition) is 3. The third kappa shape index (κ3) is 2.35. The second-order valence-electron chi connectivity index (χ2n) is 3.88. The van der Waals surface area contributed by atoms with Gasteiger partial charge in [-0.25, -0.2) is 0 Å². The van der Waals surface area contributed by atoms with Gasteiger partial charge in [0.05, 0.1) is 9.90 Å². The fourth-order valence-corrected chi connectivity index (χ4v) is 3.31. The fourth-order valence-electron chi connectivity index (χ4n) is 1.87. The number of amides is 1. The first-order valence-corrected chi connectivity index (χ1v) is 6.63. The van der Waals surface area contributed by atoms with E-state index in [0.29, 0.717) is 26.7 Å². The van der Waals surface area contributed by atoms with E-state index in [1.165, 1.54) is 11.3 Å². The Morgan fingerprint density at radius 3 is 2.88 bits per heavy atom. The summed E-state index contributed by atoms with van der Waals surface area (Å²) in [6.45, 7) is 2.10. The first-order chi connectivity index (χ1) is 7.61. The van der Waals surface area contributed by atoms with Crippen LogP contribution in [-0.4, -0.2) is 30.4 Å². The zero-order valence-electron chi connectivity index (χ0n) is 8.58. The van der Waals surface area contributed by atoms with Crippen LogP contribution in [0.1, 0.15) is 16.8 Å². The van der Waals surface area contributed by atoms with Crippen LogP contribution in [0.5, 0.6) is 0 Å². The molecular weight excluding hydrogens is 267 g/mol. The van der Waals surface area contributed by atoms with Gasteiger partial charge < -0.3 is 10.6 Å². The summed E-state index contributed by atoms with van der Waals surface area (Å²) < 4.78 is 1.01. The van der Waals surface area contributed by atoms with Gasteiger partial charge in [-0.2, -0.15) is 0 Å². The lowest BCUT2D eigenvalue weighted by Gasteiger charge is -2.15. The molecule has 16 heavy (non-hydrogen) atoms. The van der Waals surface area contributed by atoms with Crippen LogP contribution >= 0.6 is 34.5 Å². The minimum Gasteiger partial charge on any atom is -0.338 e. The van der Waals surface area contributed by atoms with Crippen molar-refractivity contribution in [3.63, 3.8) is 0 Å². The van der Waals surface area contributed by atoms with Crippen LogP contribution in [0.2, 0.25) is 8.67 Å². The number of carbonyl (C=O) groups excluding carboxylic acids is 1. The molecule has 0 aliphatic carbocycles. The molecule has 1 saturated heterocycles. The Labute approximate surface area is 108 Å². The van der Waals surface area contributed by atoms with E-state index >= 15 is 0 Å². The predicted octanol–water partition coefficient (Wildman–Crippen LogP) is 2.48. The van der Waals surface area contributed by atoms with Crippen molar-refractivity contribution < 1.29 is 4.79 Å². The number of rotatable bonds is 2. The second-order valence-corrected chi connectivity index (χ2v) is 6.17. The lowest BCUT2D eigenvalue weighted by Crippen LogP contribution is -2.29. The molecule has 6 heteroatoms. The average molecular weight is 279 g/mol. The van der Waals surface area contributed by atoms with E-state index in [0.717, 1.165) is 19.5 Å². The number of hydrogen-bond donors (Lipinski definition) is 1. The molecule has 0 radical (unpaired) electrons. The monoisotopic (exact) mass is 278 g/mol. The van der Waals surface area contributed by atoms with Crippen molar-refractivity contribution in [3.8, 4) is 0 Å². The Hall–Kier alpha value is -0.290. The summed E-state index contributed by atoms with van der Waals surface area (Å²) in [5, 5.41) is 0. The smallest absolute Gasteiger partial charge is 0.256 e. The number of nitrogens with two attached hydrogens (primary N) is 1. The summed E-state index contributed by atoms with van der Waals surface area (Å²) in [7, 11) is 0. The van der Waals surface area contributed by atoms with Gasteiger partial charge >= 0.3 is 0 Å². The van der Waals surface area contributed by atoms with Crippen molar-refractivity contribution >= 4 is 40.4 Å². The lowest BCUT2D eigenvalue weighted by atomic mass is 10.1. The van der Waals surface area contributed by atoms with E-state index in [2.05, 4.69) is 0 Å². The summed E-state index contributed by atoms with van der Waals surface area (Å²) in [5.74, 6) is 0.376. The quantitative estimate of drug-likeness (QED) is 0.904. The van der Waals surface area contributed by atoms with Crippen molar-refractivity contribution in [2.24, 2.45) is 11.7 Å². The van der Waals surface area contributed by atoms with Crippen molar-refractivity contribution in [1.82, 2.24) is 4.90 Å². The van der Waals surface area contributed by atoms with E-state index in [4.69, 9.17) is 28.9 Å². The second kappa shape index (κ2) is 4.92. The van der Waals surface area contributed by atoms with Gasteiger partial charge in [-0.3, -0.25) is 4.79 Å². The summed E-state index contributed by atoms with van der Waals surface area (Å²) in [6, 6.07) is 1.63. The highest BCUT2D eigenvalue weighted by Gasteiger charge is 2.27. The Morgan fingerprint density at radius 2 is 2.38 bits per heavy atom. The van der Waals surface area contributed by atoms with Gasteiger partial charge in [0.1, 0.15) is 4.34 Å². The Kier molecular flexibility index (Phi) is 3.74. The number of carbonyl (C=O) groups is 1. The van der Waals surface area contributed by atoms with Gasteiger partial charge in [-0.1, -0.05) is 23.2 Å². The normalized spacial score (nSPS) is 20.4.